The number of anilines is 3. The number of amidine groups is 1. The Hall–Kier alpha value is -3.63. The van der Waals surface area contributed by atoms with Crippen LogP contribution in [0.3, 0.4) is 0 Å². The second-order valence-corrected chi connectivity index (χ2v) is 9.01. The normalized spacial score (nSPS) is 21.7. The number of hydrogen-bond acceptors (Lipinski definition) is 7. The SMILES string of the molecule is CNc1ncc2c(n1)N1CCN=C1C(c1cc(N3CCC(C(F)(F)F)CC3C(N)=O)ccc1C)=C2. The third kappa shape index (κ3) is 4.08. The van der Waals surface area contributed by atoms with Crippen molar-refractivity contribution in [1.29, 1.82) is 0 Å². The van der Waals surface area contributed by atoms with Gasteiger partial charge < -0.3 is 20.9 Å². The van der Waals surface area contributed by atoms with E-state index in [2.05, 4.69) is 20.2 Å². The average molecular weight is 486 g/mol. The zero-order chi connectivity index (χ0) is 24.9. The fourth-order valence-corrected chi connectivity index (χ4v) is 5.04. The lowest BCUT2D eigenvalue weighted by molar-refractivity contribution is -0.181. The Kier molecular flexibility index (Phi) is 5.65. The molecule has 3 aliphatic rings. The molecule has 0 bridgehead atoms. The number of nitrogens with zero attached hydrogens (tertiary/aromatic N) is 5. The van der Waals surface area contributed by atoms with E-state index in [1.165, 1.54) is 0 Å². The molecule has 1 aromatic heterocycles. The molecule has 0 saturated carbocycles. The first-order valence-electron chi connectivity index (χ1n) is 11.5. The molecule has 5 rings (SSSR count). The summed E-state index contributed by atoms with van der Waals surface area (Å²) in [5.74, 6) is -0.204. The molecular formula is C24H26F3N7O. The van der Waals surface area contributed by atoms with Crippen LogP contribution in [0, 0.1) is 12.8 Å². The molecule has 184 valence electrons. The highest BCUT2D eigenvalue weighted by molar-refractivity contribution is 6.36. The fourth-order valence-electron chi connectivity index (χ4n) is 5.04. The van der Waals surface area contributed by atoms with Gasteiger partial charge in [0.05, 0.1) is 12.5 Å². The molecular weight excluding hydrogens is 459 g/mol. The molecule has 2 aromatic rings. The lowest BCUT2D eigenvalue weighted by Crippen LogP contribution is -2.52. The van der Waals surface area contributed by atoms with Crippen molar-refractivity contribution in [2.45, 2.75) is 32.0 Å². The van der Waals surface area contributed by atoms with Crippen LogP contribution in [-0.2, 0) is 4.79 Å². The maximum Gasteiger partial charge on any atom is 0.391 e. The lowest BCUT2D eigenvalue weighted by atomic mass is 9.88. The zero-order valence-corrected chi connectivity index (χ0v) is 19.4. The zero-order valence-electron chi connectivity index (χ0n) is 19.4. The average Bonchev–Trinajstić information content (AvgIpc) is 3.33. The van der Waals surface area contributed by atoms with Gasteiger partial charge >= 0.3 is 6.18 Å². The van der Waals surface area contributed by atoms with E-state index in [0.29, 0.717) is 24.7 Å². The molecule has 0 radical (unpaired) electrons. The van der Waals surface area contributed by atoms with Gasteiger partial charge in [0.15, 0.2) is 0 Å². The van der Waals surface area contributed by atoms with E-state index in [1.807, 2.05) is 31.2 Å². The van der Waals surface area contributed by atoms with Gasteiger partial charge in [-0.1, -0.05) is 6.07 Å². The number of carbonyl (C=O) groups is 1. The van der Waals surface area contributed by atoms with Crippen LogP contribution in [0.15, 0.2) is 29.4 Å². The largest absolute Gasteiger partial charge is 0.391 e. The molecule has 11 heteroatoms. The Morgan fingerprint density at radius 2 is 2.06 bits per heavy atom. The van der Waals surface area contributed by atoms with Crippen LogP contribution in [0.5, 0.6) is 0 Å². The van der Waals surface area contributed by atoms with Crippen molar-refractivity contribution in [3.05, 3.63) is 41.1 Å². The van der Waals surface area contributed by atoms with Gasteiger partial charge in [0.1, 0.15) is 17.7 Å². The summed E-state index contributed by atoms with van der Waals surface area (Å²) in [6, 6.07) is 4.63. The maximum atomic E-state index is 13.4. The number of halogens is 3. The van der Waals surface area contributed by atoms with Gasteiger partial charge in [-0.15, -0.1) is 0 Å². The predicted molar refractivity (Wildman–Crippen MR) is 129 cm³/mol. The van der Waals surface area contributed by atoms with Crippen molar-refractivity contribution in [3.8, 4) is 0 Å². The standard InChI is InChI=1S/C24H26F3N7O/c1-13-3-4-16(33-7-5-15(24(25,26)27)10-19(33)20(28)35)11-17(13)18-9-14-12-31-23(29-2)32-21(14)34-8-6-30-22(18)34/h3-4,9,11-12,15,19H,5-8,10H2,1-2H3,(H2,28,35)(H,29,31,32). The predicted octanol–water partition coefficient (Wildman–Crippen LogP) is 3.23. The molecule has 35 heavy (non-hydrogen) atoms. The minimum Gasteiger partial charge on any atom is -0.368 e. The minimum atomic E-state index is -4.35. The smallest absolute Gasteiger partial charge is 0.368 e. The summed E-state index contributed by atoms with van der Waals surface area (Å²) in [4.78, 5) is 29.6. The third-order valence-corrected chi connectivity index (χ3v) is 6.89. The summed E-state index contributed by atoms with van der Waals surface area (Å²) in [5, 5.41) is 2.96. The van der Waals surface area contributed by atoms with Gasteiger partial charge in [-0.25, -0.2) is 4.98 Å². The number of benzene rings is 1. The van der Waals surface area contributed by atoms with Crippen LogP contribution in [0.2, 0.25) is 0 Å². The molecule has 8 nitrogen and oxygen atoms in total. The molecule has 0 aliphatic carbocycles. The molecule has 0 spiro atoms. The van der Waals surface area contributed by atoms with Crippen LogP contribution in [-0.4, -0.2) is 60.6 Å². The Morgan fingerprint density at radius 3 is 2.77 bits per heavy atom. The van der Waals surface area contributed by atoms with Crippen molar-refractivity contribution in [2.75, 3.05) is 41.8 Å². The molecule has 4 heterocycles. The number of nitrogens with one attached hydrogen (secondary N) is 1. The quantitative estimate of drug-likeness (QED) is 0.690. The monoisotopic (exact) mass is 485 g/mol. The Bertz CT molecular complexity index is 1240. The van der Waals surface area contributed by atoms with Gasteiger partial charge in [0.25, 0.3) is 0 Å². The van der Waals surface area contributed by atoms with E-state index in [4.69, 9.17) is 10.7 Å². The minimum absolute atomic E-state index is 0.0851. The summed E-state index contributed by atoms with van der Waals surface area (Å²) < 4.78 is 40.1. The van der Waals surface area contributed by atoms with Crippen LogP contribution < -0.4 is 20.9 Å². The number of fused-ring (bicyclic) bond motifs is 3. The van der Waals surface area contributed by atoms with Gasteiger partial charge in [-0.3, -0.25) is 9.79 Å². The number of primary amides is 1. The fraction of sp³-hybridized carbons (Fsp3) is 0.417. The molecule has 1 aromatic carbocycles. The number of carbonyl (C=O) groups excluding carboxylic acids is 1. The number of aryl methyl sites for hydroxylation is 1. The van der Waals surface area contributed by atoms with E-state index in [-0.39, 0.29) is 19.4 Å². The van der Waals surface area contributed by atoms with E-state index < -0.39 is 24.0 Å². The summed E-state index contributed by atoms with van der Waals surface area (Å²) in [5.41, 5.74) is 9.82. The van der Waals surface area contributed by atoms with Crippen LogP contribution >= 0.6 is 0 Å². The Balaban J connectivity index is 1.54. The second kappa shape index (κ2) is 8.54. The number of piperidine rings is 1. The number of amides is 1. The molecule has 3 aliphatic heterocycles. The molecule has 2 atom stereocenters. The third-order valence-electron chi connectivity index (χ3n) is 6.89. The first-order valence-corrected chi connectivity index (χ1v) is 11.5. The molecule has 1 fully saturated rings. The highest BCUT2D eigenvalue weighted by Crippen LogP contribution is 2.40. The van der Waals surface area contributed by atoms with E-state index in [0.717, 1.165) is 33.9 Å². The van der Waals surface area contributed by atoms with Gasteiger partial charge in [-0.05, 0) is 49.1 Å². The summed E-state index contributed by atoms with van der Waals surface area (Å²) in [6.07, 6.45) is -1.03. The summed E-state index contributed by atoms with van der Waals surface area (Å²) in [7, 11) is 1.76. The number of aromatic nitrogens is 2. The van der Waals surface area contributed by atoms with Crippen molar-refractivity contribution in [2.24, 2.45) is 16.6 Å². The van der Waals surface area contributed by atoms with Gasteiger partial charge in [-0.2, -0.15) is 18.2 Å². The Labute approximate surface area is 200 Å². The van der Waals surface area contributed by atoms with Crippen molar-refractivity contribution in [3.63, 3.8) is 0 Å². The number of aliphatic imine (C=N–C) groups is 1. The second-order valence-electron chi connectivity index (χ2n) is 9.01. The van der Waals surface area contributed by atoms with E-state index in [1.54, 1.807) is 18.1 Å². The van der Waals surface area contributed by atoms with Crippen molar-refractivity contribution >= 4 is 40.8 Å². The number of nitrogens with two attached hydrogens (primary N) is 1. The van der Waals surface area contributed by atoms with Gasteiger partial charge in [0, 0.05) is 43.2 Å². The molecule has 2 unspecified atom stereocenters. The molecule has 1 saturated heterocycles. The topological polar surface area (TPSA) is 99.7 Å². The Morgan fingerprint density at radius 1 is 1.26 bits per heavy atom. The highest BCUT2D eigenvalue weighted by Gasteiger charge is 2.46. The van der Waals surface area contributed by atoms with E-state index >= 15 is 0 Å². The lowest BCUT2D eigenvalue weighted by Gasteiger charge is -2.40. The summed E-state index contributed by atoms with van der Waals surface area (Å²) in [6.45, 7) is 3.37. The van der Waals surface area contributed by atoms with Crippen LogP contribution in [0.25, 0.3) is 11.6 Å². The molecule has 3 N–H and O–H groups in total. The number of hydrogen-bond donors (Lipinski definition) is 2. The number of rotatable bonds is 4. The maximum absolute atomic E-state index is 13.4. The first-order chi connectivity index (χ1) is 16.7. The van der Waals surface area contributed by atoms with Crippen LogP contribution in [0.4, 0.5) is 30.6 Å². The molecule has 1 amide bonds. The highest BCUT2D eigenvalue weighted by atomic mass is 19.4. The first kappa shape index (κ1) is 23.1. The summed E-state index contributed by atoms with van der Waals surface area (Å²) >= 11 is 0. The van der Waals surface area contributed by atoms with Crippen molar-refractivity contribution < 1.29 is 18.0 Å². The van der Waals surface area contributed by atoms with Gasteiger partial charge in [0.2, 0.25) is 11.9 Å². The van der Waals surface area contributed by atoms with Crippen LogP contribution in [0.1, 0.15) is 29.5 Å². The van der Waals surface area contributed by atoms with Crippen molar-refractivity contribution in [1.82, 2.24) is 9.97 Å². The van der Waals surface area contributed by atoms with E-state index in [9.17, 15) is 18.0 Å². The number of alkyl halides is 3.